The zero-order valence-electron chi connectivity index (χ0n) is 19.3. The number of piperazine rings is 1. The van der Waals surface area contributed by atoms with Crippen LogP contribution in [0.2, 0.25) is 0 Å². The lowest BCUT2D eigenvalue weighted by Crippen LogP contribution is -2.49. The number of aliphatic imine (C=N–C) groups is 1. The molecule has 2 aromatic carbocycles. The zero-order valence-corrected chi connectivity index (χ0v) is 19.3. The summed E-state index contributed by atoms with van der Waals surface area (Å²) < 4.78 is 0. The van der Waals surface area contributed by atoms with E-state index in [-0.39, 0.29) is 0 Å². The fraction of sp³-hybridized carbons (Fsp3) is 0.296. The van der Waals surface area contributed by atoms with Crippen LogP contribution in [0, 0.1) is 11.5 Å². The predicted molar refractivity (Wildman–Crippen MR) is 137 cm³/mol. The number of anilines is 1. The van der Waals surface area contributed by atoms with Gasteiger partial charge in [-0.2, -0.15) is 5.26 Å². The van der Waals surface area contributed by atoms with E-state index in [0.29, 0.717) is 11.9 Å². The molecule has 0 aliphatic carbocycles. The topological polar surface area (TPSA) is 79.6 Å². The van der Waals surface area contributed by atoms with Gasteiger partial charge in [-0.1, -0.05) is 60.7 Å². The molecule has 1 aliphatic rings. The first-order valence-electron chi connectivity index (χ1n) is 11.7. The van der Waals surface area contributed by atoms with Gasteiger partial charge in [0.1, 0.15) is 0 Å². The number of pyridine rings is 1. The summed E-state index contributed by atoms with van der Waals surface area (Å²) in [5, 5.41) is 15.4. The van der Waals surface area contributed by atoms with Gasteiger partial charge in [-0.05, 0) is 23.3 Å². The summed E-state index contributed by atoms with van der Waals surface area (Å²) >= 11 is 0. The Bertz CT molecular complexity index is 1020. The van der Waals surface area contributed by atoms with Crippen LogP contribution in [0.25, 0.3) is 0 Å². The van der Waals surface area contributed by atoms with E-state index in [1.165, 1.54) is 11.1 Å². The quantitative estimate of drug-likeness (QED) is 0.309. The number of aromatic nitrogens is 1. The Morgan fingerprint density at radius 3 is 2.06 bits per heavy atom. The van der Waals surface area contributed by atoms with Crippen molar-refractivity contribution in [3.05, 3.63) is 96.3 Å². The van der Waals surface area contributed by atoms with Crippen LogP contribution < -0.4 is 10.6 Å². The number of benzene rings is 2. The molecule has 1 aliphatic heterocycles. The van der Waals surface area contributed by atoms with E-state index >= 15 is 0 Å². The Hall–Kier alpha value is -3.73. The van der Waals surface area contributed by atoms with Gasteiger partial charge in [0.05, 0.1) is 0 Å². The number of nitriles is 1. The lowest BCUT2D eigenvalue weighted by atomic mass is 9.90. The monoisotopic (exact) mass is 453 g/mol. The molecule has 7 nitrogen and oxygen atoms in total. The third-order valence-electron chi connectivity index (χ3n) is 6.13. The molecule has 1 aromatic heterocycles. The minimum Gasteiger partial charge on any atom is -0.354 e. The number of guanidine groups is 1. The van der Waals surface area contributed by atoms with E-state index in [1.54, 1.807) is 12.4 Å². The Morgan fingerprint density at radius 1 is 0.882 bits per heavy atom. The van der Waals surface area contributed by atoms with Crippen LogP contribution in [0.1, 0.15) is 17.0 Å². The standard InChI is InChI=1S/C27H31N7/c28-22-31-27(32-25-11-13-29-14-12-25)30-15-16-33-17-19-34(20-18-33)21-26(23-7-3-1-4-8-23)24-9-5-2-6-10-24/h1-14,26H,15-21H2,(H2,29,30,31,32). The highest BCUT2D eigenvalue weighted by Crippen LogP contribution is 2.26. The lowest BCUT2D eigenvalue weighted by Gasteiger charge is -2.36. The van der Waals surface area contributed by atoms with Crippen LogP contribution in [0.4, 0.5) is 5.69 Å². The Labute approximate surface area is 201 Å². The molecular formula is C27H31N7. The van der Waals surface area contributed by atoms with Crippen molar-refractivity contribution in [3.8, 4) is 6.19 Å². The van der Waals surface area contributed by atoms with Crippen molar-refractivity contribution in [2.24, 2.45) is 4.99 Å². The SMILES string of the molecule is N#CN=C(NCCN1CCN(CC(c2ccccc2)c2ccccc2)CC1)Nc1ccncc1. The first-order chi connectivity index (χ1) is 16.8. The minimum absolute atomic E-state index is 0.375. The molecule has 3 aromatic rings. The lowest BCUT2D eigenvalue weighted by molar-refractivity contribution is 0.131. The van der Waals surface area contributed by atoms with Crippen molar-refractivity contribution >= 4 is 11.6 Å². The van der Waals surface area contributed by atoms with Crippen molar-refractivity contribution in [1.82, 2.24) is 20.1 Å². The summed E-state index contributed by atoms with van der Waals surface area (Å²) in [6.07, 6.45) is 5.26. The second-order valence-corrected chi connectivity index (χ2v) is 8.36. The molecular weight excluding hydrogens is 422 g/mol. The number of nitrogens with zero attached hydrogens (tertiary/aromatic N) is 5. The average Bonchev–Trinajstić information content (AvgIpc) is 2.90. The van der Waals surface area contributed by atoms with Gasteiger partial charge in [0.2, 0.25) is 12.2 Å². The predicted octanol–water partition coefficient (Wildman–Crippen LogP) is 3.37. The van der Waals surface area contributed by atoms with Gasteiger partial charge in [0.15, 0.2) is 0 Å². The van der Waals surface area contributed by atoms with E-state index in [2.05, 4.69) is 91.1 Å². The Morgan fingerprint density at radius 2 is 1.47 bits per heavy atom. The molecule has 0 amide bonds. The fourth-order valence-corrected chi connectivity index (χ4v) is 4.29. The fourth-order valence-electron chi connectivity index (χ4n) is 4.29. The highest BCUT2D eigenvalue weighted by molar-refractivity contribution is 5.94. The molecule has 0 spiro atoms. The van der Waals surface area contributed by atoms with Crippen LogP contribution in [0.5, 0.6) is 0 Å². The smallest absolute Gasteiger partial charge is 0.211 e. The largest absolute Gasteiger partial charge is 0.354 e. The maximum atomic E-state index is 8.98. The molecule has 34 heavy (non-hydrogen) atoms. The number of nitrogens with one attached hydrogen (secondary N) is 2. The van der Waals surface area contributed by atoms with E-state index < -0.39 is 0 Å². The minimum atomic E-state index is 0.375. The Kier molecular flexibility index (Phi) is 8.61. The maximum absolute atomic E-state index is 8.98. The first-order valence-corrected chi connectivity index (χ1v) is 11.7. The molecule has 0 atom stereocenters. The summed E-state index contributed by atoms with van der Waals surface area (Å²) in [5.41, 5.74) is 3.58. The van der Waals surface area contributed by atoms with Gasteiger partial charge in [0, 0.05) is 69.8 Å². The molecule has 1 fully saturated rings. The van der Waals surface area contributed by atoms with Crippen LogP contribution >= 0.6 is 0 Å². The van der Waals surface area contributed by atoms with Crippen LogP contribution in [0.3, 0.4) is 0 Å². The maximum Gasteiger partial charge on any atom is 0.211 e. The Balaban J connectivity index is 1.26. The second kappa shape index (κ2) is 12.5. The molecule has 0 radical (unpaired) electrons. The average molecular weight is 454 g/mol. The molecule has 4 rings (SSSR count). The van der Waals surface area contributed by atoms with Crippen LogP contribution in [0.15, 0.2) is 90.2 Å². The van der Waals surface area contributed by atoms with Gasteiger partial charge in [0.25, 0.3) is 0 Å². The number of hydrogen-bond acceptors (Lipinski definition) is 5. The van der Waals surface area contributed by atoms with Crippen molar-refractivity contribution in [2.45, 2.75) is 5.92 Å². The van der Waals surface area contributed by atoms with E-state index in [4.69, 9.17) is 5.26 Å². The second-order valence-electron chi connectivity index (χ2n) is 8.36. The molecule has 0 unspecified atom stereocenters. The van der Waals surface area contributed by atoms with Crippen LogP contribution in [-0.4, -0.2) is 66.6 Å². The first kappa shape index (κ1) is 23.4. The van der Waals surface area contributed by atoms with E-state index in [1.807, 2.05) is 18.3 Å². The van der Waals surface area contributed by atoms with Gasteiger partial charge >= 0.3 is 0 Å². The normalized spacial score (nSPS) is 15.1. The summed E-state index contributed by atoms with van der Waals surface area (Å²) in [7, 11) is 0. The molecule has 2 heterocycles. The van der Waals surface area contributed by atoms with Gasteiger partial charge in [-0.25, -0.2) is 0 Å². The summed E-state index contributed by atoms with van der Waals surface area (Å²) in [4.78, 5) is 12.9. The number of hydrogen-bond donors (Lipinski definition) is 2. The zero-order chi connectivity index (χ0) is 23.4. The van der Waals surface area contributed by atoms with Crippen molar-refractivity contribution in [1.29, 1.82) is 5.26 Å². The molecule has 2 N–H and O–H groups in total. The highest BCUT2D eigenvalue weighted by atomic mass is 15.3. The molecule has 0 saturated carbocycles. The van der Waals surface area contributed by atoms with Crippen molar-refractivity contribution in [2.75, 3.05) is 51.1 Å². The summed E-state index contributed by atoms with van der Waals surface area (Å²) in [6.45, 7) is 6.79. The van der Waals surface area contributed by atoms with E-state index in [0.717, 1.165) is 51.5 Å². The molecule has 174 valence electrons. The highest BCUT2D eigenvalue weighted by Gasteiger charge is 2.22. The van der Waals surface area contributed by atoms with Crippen molar-refractivity contribution in [3.63, 3.8) is 0 Å². The van der Waals surface area contributed by atoms with Gasteiger partial charge in [-0.15, -0.1) is 4.99 Å². The number of rotatable bonds is 8. The third-order valence-corrected chi connectivity index (χ3v) is 6.13. The van der Waals surface area contributed by atoms with Crippen molar-refractivity contribution < 1.29 is 0 Å². The summed E-state index contributed by atoms with van der Waals surface area (Å²) in [6, 6.07) is 25.3. The third kappa shape index (κ3) is 6.88. The van der Waals surface area contributed by atoms with Gasteiger partial charge in [-0.3, -0.25) is 14.8 Å². The van der Waals surface area contributed by atoms with Crippen LogP contribution in [-0.2, 0) is 0 Å². The molecule has 0 bridgehead atoms. The molecule has 1 saturated heterocycles. The summed E-state index contributed by atoms with van der Waals surface area (Å²) in [5.74, 6) is 0.834. The van der Waals surface area contributed by atoms with Gasteiger partial charge < -0.3 is 10.6 Å². The molecule has 7 heteroatoms. The van der Waals surface area contributed by atoms with E-state index in [9.17, 15) is 0 Å².